The second-order valence-electron chi connectivity index (χ2n) is 4.64. The van der Waals surface area contributed by atoms with E-state index >= 15 is 0 Å². The van der Waals surface area contributed by atoms with Gasteiger partial charge < -0.3 is 10.3 Å². The van der Waals surface area contributed by atoms with E-state index in [1.165, 1.54) is 0 Å². The highest BCUT2D eigenvalue weighted by Gasteiger charge is 2.16. The summed E-state index contributed by atoms with van der Waals surface area (Å²) in [6.45, 7) is 1.97. The minimum atomic E-state index is -1.02. The third kappa shape index (κ3) is 2.47. The van der Waals surface area contributed by atoms with E-state index < -0.39 is 11.6 Å². The number of anilines is 1. The third-order valence-electron chi connectivity index (χ3n) is 3.06. The Kier molecular flexibility index (Phi) is 3.13. The van der Waals surface area contributed by atoms with E-state index in [4.69, 9.17) is 10.3 Å². The van der Waals surface area contributed by atoms with Gasteiger partial charge in [-0.1, -0.05) is 35.0 Å². The molecule has 6 heteroatoms. The van der Waals surface area contributed by atoms with Crippen LogP contribution in [0.5, 0.6) is 0 Å². The van der Waals surface area contributed by atoms with Gasteiger partial charge in [-0.3, -0.25) is 0 Å². The van der Waals surface area contributed by atoms with Crippen molar-refractivity contribution in [1.29, 1.82) is 0 Å². The van der Waals surface area contributed by atoms with Gasteiger partial charge in [-0.15, -0.1) is 0 Å². The van der Waals surface area contributed by atoms with Crippen LogP contribution in [0.4, 0.5) is 14.5 Å². The smallest absolute Gasteiger partial charge is 0.260 e. The lowest BCUT2D eigenvalue weighted by Gasteiger charge is -2.01. The third-order valence-corrected chi connectivity index (χ3v) is 3.06. The van der Waals surface area contributed by atoms with Crippen LogP contribution in [0.25, 0.3) is 22.8 Å². The first-order valence-electron chi connectivity index (χ1n) is 6.20. The van der Waals surface area contributed by atoms with Gasteiger partial charge in [0.15, 0.2) is 11.6 Å². The lowest BCUT2D eigenvalue weighted by molar-refractivity contribution is 0.431. The van der Waals surface area contributed by atoms with Gasteiger partial charge in [-0.2, -0.15) is 4.98 Å². The molecule has 0 aliphatic rings. The molecule has 2 aromatic carbocycles. The molecule has 0 bridgehead atoms. The normalized spacial score (nSPS) is 10.8. The zero-order valence-corrected chi connectivity index (χ0v) is 11.1. The van der Waals surface area contributed by atoms with Crippen LogP contribution >= 0.6 is 0 Å². The van der Waals surface area contributed by atoms with Gasteiger partial charge in [0, 0.05) is 17.3 Å². The first kappa shape index (κ1) is 13.2. The van der Waals surface area contributed by atoms with Crippen LogP contribution in [0.15, 0.2) is 40.9 Å². The second kappa shape index (κ2) is 4.97. The van der Waals surface area contributed by atoms with Gasteiger partial charge in [-0.05, 0) is 13.0 Å². The molecule has 3 rings (SSSR count). The average Bonchev–Trinajstić information content (AvgIpc) is 2.93. The fourth-order valence-electron chi connectivity index (χ4n) is 1.90. The maximum Gasteiger partial charge on any atom is 0.260 e. The van der Waals surface area contributed by atoms with Crippen LogP contribution in [0.1, 0.15) is 5.56 Å². The van der Waals surface area contributed by atoms with E-state index in [2.05, 4.69) is 10.1 Å². The minimum Gasteiger partial charge on any atom is -0.398 e. The summed E-state index contributed by atoms with van der Waals surface area (Å²) in [4.78, 5) is 4.17. The molecule has 0 unspecified atom stereocenters. The van der Waals surface area contributed by atoms with E-state index in [1.807, 2.05) is 31.2 Å². The van der Waals surface area contributed by atoms with Gasteiger partial charge in [0.2, 0.25) is 5.82 Å². The molecule has 3 aromatic rings. The van der Waals surface area contributed by atoms with Crippen LogP contribution in [0.3, 0.4) is 0 Å². The van der Waals surface area contributed by atoms with Crippen molar-refractivity contribution in [2.75, 3.05) is 5.73 Å². The Morgan fingerprint density at radius 2 is 1.71 bits per heavy atom. The summed E-state index contributed by atoms with van der Waals surface area (Å²) < 4.78 is 31.4. The van der Waals surface area contributed by atoms with Crippen LogP contribution in [-0.4, -0.2) is 10.1 Å². The van der Waals surface area contributed by atoms with Crippen molar-refractivity contribution in [2.24, 2.45) is 0 Å². The fraction of sp³-hybridized carbons (Fsp3) is 0.0667. The summed E-state index contributed by atoms with van der Waals surface area (Å²) in [5, 5.41) is 3.83. The molecule has 0 fully saturated rings. The van der Waals surface area contributed by atoms with Crippen LogP contribution in [0, 0.1) is 18.6 Å². The number of hydrogen-bond donors (Lipinski definition) is 1. The molecular weight excluding hydrogens is 276 g/mol. The number of nitrogens with two attached hydrogens (primary N) is 1. The standard InChI is InChI=1S/C15H11F2N3O/c1-8-2-4-9(5-3-8)14-19-15(21-20-14)10-6-11(16)12(17)7-13(10)18/h2-7H,18H2,1H3. The van der Waals surface area contributed by atoms with Gasteiger partial charge in [-0.25, -0.2) is 8.78 Å². The summed E-state index contributed by atoms with van der Waals surface area (Å²) in [5.74, 6) is -1.64. The van der Waals surface area contributed by atoms with Crippen molar-refractivity contribution in [2.45, 2.75) is 6.92 Å². The number of rotatable bonds is 2. The van der Waals surface area contributed by atoms with E-state index in [1.54, 1.807) is 0 Å². The first-order valence-corrected chi connectivity index (χ1v) is 6.20. The highest BCUT2D eigenvalue weighted by atomic mass is 19.2. The largest absolute Gasteiger partial charge is 0.398 e. The van der Waals surface area contributed by atoms with E-state index in [-0.39, 0.29) is 17.1 Å². The molecule has 1 aromatic heterocycles. The molecular formula is C15H11F2N3O. The fourth-order valence-corrected chi connectivity index (χ4v) is 1.90. The number of aromatic nitrogens is 2. The Balaban J connectivity index is 2.02. The number of halogens is 2. The van der Waals surface area contributed by atoms with Gasteiger partial charge in [0.05, 0.1) is 5.56 Å². The lowest BCUT2D eigenvalue weighted by atomic mass is 10.1. The van der Waals surface area contributed by atoms with Crippen LogP contribution in [0.2, 0.25) is 0 Å². The van der Waals surface area contributed by atoms with E-state index in [0.717, 1.165) is 23.3 Å². The molecule has 4 nitrogen and oxygen atoms in total. The number of benzene rings is 2. The Hall–Kier alpha value is -2.76. The van der Waals surface area contributed by atoms with E-state index in [9.17, 15) is 8.78 Å². The Bertz CT molecular complexity index is 797. The zero-order chi connectivity index (χ0) is 15.0. The highest BCUT2D eigenvalue weighted by Crippen LogP contribution is 2.28. The molecule has 0 saturated carbocycles. The van der Waals surface area contributed by atoms with Crippen molar-refractivity contribution in [3.05, 3.63) is 53.6 Å². The summed E-state index contributed by atoms with van der Waals surface area (Å²) >= 11 is 0. The summed E-state index contributed by atoms with van der Waals surface area (Å²) in [6, 6.07) is 9.35. The SMILES string of the molecule is Cc1ccc(-c2noc(-c3cc(F)c(F)cc3N)n2)cc1. The number of aryl methyl sites for hydroxylation is 1. The topological polar surface area (TPSA) is 64.9 Å². The molecule has 0 atom stereocenters. The predicted octanol–water partition coefficient (Wildman–Crippen LogP) is 3.57. The van der Waals surface area contributed by atoms with Crippen molar-refractivity contribution in [1.82, 2.24) is 10.1 Å². The molecule has 0 radical (unpaired) electrons. The van der Waals surface area contributed by atoms with E-state index in [0.29, 0.717) is 5.82 Å². The van der Waals surface area contributed by atoms with Crippen molar-refractivity contribution < 1.29 is 13.3 Å². The first-order chi connectivity index (χ1) is 10.0. The quantitative estimate of drug-likeness (QED) is 0.732. The molecule has 0 aliphatic heterocycles. The Morgan fingerprint density at radius 1 is 1.05 bits per heavy atom. The monoisotopic (exact) mass is 287 g/mol. The molecule has 0 spiro atoms. The lowest BCUT2D eigenvalue weighted by Crippen LogP contribution is -1.94. The summed E-state index contributed by atoms with van der Waals surface area (Å²) in [5.41, 5.74) is 7.72. The van der Waals surface area contributed by atoms with Crippen molar-refractivity contribution in [3.8, 4) is 22.8 Å². The molecule has 0 amide bonds. The highest BCUT2D eigenvalue weighted by molar-refractivity contribution is 5.71. The average molecular weight is 287 g/mol. The molecule has 2 N–H and O–H groups in total. The van der Waals surface area contributed by atoms with Gasteiger partial charge in [0.25, 0.3) is 5.89 Å². The molecule has 21 heavy (non-hydrogen) atoms. The molecule has 1 heterocycles. The number of nitrogens with zero attached hydrogens (tertiary/aromatic N) is 2. The molecule has 106 valence electrons. The van der Waals surface area contributed by atoms with Crippen LogP contribution < -0.4 is 5.73 Å². The van der Waals surface area contributed by atoms with Crippen LogP contribution in [-0.2, 0) is 0 Å². The maximum atomic E-state index is 13.3. The number of hydrogen-bond acceptors (Lipinski definition) is 4. The van der Waals surface area contributed by atoms with Gasteiger partial charge in [0.1, 0.15) is 0 Å². The summed E-state index contributed by atoms with van der Waals surface area (Å²) in [6.07, 6.45) is 0. The Morgan fingerprint density at radius 3 is 2.43 bits per heavy atom. The summed E-state index contributed by atoms with van der Waals surface area (Å²) in [7, 11) is 0. The Labute approximate surface area is 119 Å². The number of nitrogen functional groups attached to an aromatic ring is 1. The second-order valence-corrected chi connectivity index (χ2v) is 4.64. The zero-order valence-electron chi connectivity index (χ0n) is 11.1. The van der Waals surface area contributed by atoms with Crippen molar-refractivity contribution >= 4 is 5.69 Å². The minimum absolute atomic E-state index is 0.0352. The van der Waals surface area contributed by atoms with Crippen molar-refractivity contribution in [3.63, 3.8) is 0 Å². The maximum absolute atomic E-state index is 13.3. The predicted molar refractivity (Wildman–Crippen MR) is 74.2 cm³/mol. The molecule has 0 saturated heterocycles. The molecule has 0 aliphatic carbocycles. The van der Waals surface area contributed by atoms with Gasteiger partial charge >= 0.3 is 0 Å².